The second-order valence-electron chi connectivity index (χ2n) is 3.19. The van der Waals surface area contributed by atoms with E-state index >= 15 is 0 Å². The van der Waals surface area contributed by atoms with Gasteiger partial charge in [0.15, 0.2) is 0 Å². The summed E-state index contributed by atoms with van der Waals surface area (Å²) in [5, 5.41) is 22.4. The number of aliphatic hydroxyl groups excluding tert-OH is 1. The molecule has 1 aromatic rings. The summed E-state index contributed by atoms with van der Waals surface area (Å²) in [5.74, 6) is -0.915. The van der Waals surface area contributed by atoms with Crippen LogP contribution in [0.25, 0.3) is 0 Å². The third kappa shape index (κ3) is 3.30. The molecule has 0 saturated carbocycles. The number of halogens is 1. The Kier molecular flexibility index (Phi) is 4.24. The van der Waals surface area contributed by atoms with E-state index in [2.05, 4.69) is 5.32 Å². The molecule has 0 aliphatic rings. The highest BCUT2D eigenvalue weighted by atomic mass is 35.5. The SMILES string of the molecule is NC(=O)C(O)CNc1cccc(Cl)c1[N+](=O)[O-]. The Balaban J connectivity index is 2.88. The molecule has 4 N–H and O–H groups in total. The number of aliphatic hydroxyl groups is 1. The molecule has 1 aromatic carbocycles. The van der Waals surface area contributed by atoms with Crippen LogP contribution in [0.5, 0.6) is 0 Å². The standard InChI is InChI=1S/C9H10ClN3O4/c10-5-2-1-3-6(8(5)13(16)17)12-4-7(14)9(11)15/h1-3,7,12,14H,4H2,(H2,11,15). The Hall–Kier alpha value is -1.86. The van der Waals surface area contributed by atoms with Gasteiger partial charge in [0.25, 0.3) is 0 Å². The first-order chi connectivity index (χ1) is 7.93. The molecule has 0 fully saturated rings. The molecule has 1 rings (SSSR count). The van der Waals surface area contributed by atoms with Gasteiger partial charge in [0, 0.05) is 0 Å². The summed E-state index contributed by atoms with van der Waals surface area (Å²) in [5.41, 5.74) is 4.64. The smallest absolute Gasteiger partial charge is 0.310 e. The predicted octanol–water partition coefficient (Wildman–Crippen LogP) is 0.506. The zero-order valence-corrected chi connectivity index (χ0v) is 9.35. The average molecular weight is 260 g/mol. The number of primary amides is 1. The summed E-state index contributed by atoms with van der Waals surface area (Å²) in [6.07, 6.45) is -1.42. The van der Waals surface area contributed by atoms with Crippen LogP contribution >= 0.6 is 11.6 Å². The van der Waals surface area contributed by atoms with Gasteiger partial charge < -0.3 is 16.2 Å². The first-order valence-corrected chi connectivity index (χ1v) is 4.95. The van der Waals surface area contributed by atoms with Crippen LogP contribution in [0.4, 0.5) is 11.4 Å². The number of amides is 1. The van der Waals surface area contributed by atoms with Crippen molar-refractivity contribution in [1.29, 1.82) is 0 Å². The molecule has 17 heavy (non-hydrogen) atoms. The lowest BCUT2D eigenvalue weighted by Gasteiger charge is -2.10. The number of anilines is 1. The van der Waals surface area contributed by atoms with Gasteiger partial charge in [-0.15, -0.1) is 0 Å². The molecule has 0 bridgehead atoms. The van der Waals surface area contributed by atoms with Crippen LogP contribution in [0.15, 0.2) is 18.2 Å². The molecule has 0 radical (unpaired) electrons. The zero-order chi connectivity index (χ0) is 13.0. The predicted molar refractivity (Wildman–Crippen MR) is 61.8 cm³/mol. The van der Waals surface area contributed by atoms with Crippen molar-refractivity contribution in [2.24, 2.45) is 5.73 Å². The van der Waals surface area contributed by atoms with Crippen LogP contribution in [0, 0.1) is 10.1 Å². The van der Waals surface area contributed by atoms with Gasteiger partial charge in [0.2, 0.25) is 5.91 Å². The van der Waals surface area contributed by atoms with Crippen LogP contribution in [-0.4, -0.2) is 28.6 Å². The van der Waals surface area contributed by atoms with Crippen molar-refractivity contribution in [1.82, 2.24) is 0 Å². The van der Waals surface area contributed by atoms with Gasteiger partial charge in [-0.1, -0.05) is 17.7 Å². The first-order valence-electron chi connectivity index (χ1n) is 4.57. The second-order valence-corrected chi connectivity index (χ2v) is 3.60. The Morgan fingerprint density at radius 3 is 2.82 bits per heavy atom. The number of carbonyl (C=O) groups is 1. The van der Waals surface area contributed by atoms with E-state index in [9.17, 15) is 14.9 Å². The number of carbonyl (C=O) groups excluding carboxylic acids is 1. The molecule has 0 spiro atoms. The van der Waals surface area contributed by atoms with E-state index in [1.165, 1.54) is 18.2 Å². The number of nitrogens with two attached hydrogens (primary N) is 1. The van der Waals surface area contributed by atoms with Crippen LogP contribution < -0.4 is 11.1 Å². The third-order valence-corrected chi connectivity index (χ3v) is 2.29. The maximum Gasteiger partial charge on any atom is 0.310 e. The summed E-state index contributed by atoms with van der Waals surface area (Å²) in [4.78, 5) is 20.7. The number of benzene rings is 1. The number of hydrogen-bond acceptors (Lipinski definition) is 5. The first kappa shape index (κ1) is 13.2. The maximum absolute atomic E-state index is 10.7. The fraction of sp³-hybridized carbons (Fsp3) is 0.222. The molecule has 8 heteroatoms. The van der Waals surface area contributed by atoms with E-state index in [0.29, 0.717) is 0 Å². The largest absolute Gasteiger partial charge is 0.381 e. The number of rotatable bonds is 5. The number of para-hydroxylation sites is 1. The van der Waals surface area contributed by atoms with E-state index in [4.69, 9.17) is 22.4 Å². The van der Waals surface area contributed by atoms with Gasteiger partial charge in [-0.3, -0.25) is 14.9 Å². The van der Waals surface area contributed by atoms with E-state index in [1.807, 2.05) is 0 Å². The van der Waals surface area contributed by atoms with Crippen molar-refractivity contribution in [2.45, 2.75) is 6.10 Å². The van der Waals surface area contributed by atoms with Crippen molar-refractivity contribution >= 4 is 28.9 Å². The minimum absolute atomic E-state index is 0.0337. The van der Waals surface area contributed by atoms with Gasteiger partial charge in [0.05, 0.1) is 11.5 Å². The molecule has 0 aliphatic heterocycles. The van der Waals surface area contributed by atoms with Crippen molar-refractivity contribution in [2.75, 3.05) is 11.9 Å². The molecule has 92 valence electrons. The average Bonchev–Trinajstić information content (AvgIpc) is 2.24. The number of nitrogens with zero attached hydrogens (tertiary/aromatic N) is 1. The van der Waals surface area contributed by atoms with Gasteiger partial charge in [-0.05, 0) is 12.1 Å². The highest BCUT2D eigenvalue weighted by Gasteiger charge is 2.19. The Morgan fingerprint density at radius 2 is 2.29 bits per heavy atom. The number of nitro groups is 1. The Morgan fingerprint density at radius 1 is 1.65 bits per heavy atom. The molecule has 0 saturated heterocycles. The van der Waals surface area contributed by atoms with E-state index in [0.717, 1.165) is 0 Å². The highest BCUT2D eigenvalue weighted by molar-refractivity contribution is 6.33. The maximum atomic E-state index is 10.7. The zero-order valence-electron chi connectivity index (χ0n) is 8.59. The molecule has 0 aromatic heterocycles. The fourth-order valence-corrected chi connectivity index (χ4v) is 1.39. The molecule has 0 aliphatic carbocycles. The minimum Gasteiger partial charge on any atom is -0.381 e. The van der Waals surface area contributed by atoms with Crippen molar-refractivity contribution in [3.8, 4) is 0 Å². The highest BCUT2D eigenvalue weighted by Crippen LogP contribution is 2.32. The normalized spacial score (nSPS) is 11.9. The van der Waals surface area contributed by atoms with Gasteiger partial charge in [-0.2, -0.15) is 0 Å². The quantitative estimate of drug-likeness (QED) is 0.526. The number of nitro benzene ring substituents is 1. The fourth-order valence-electron chi connectivity index (χ4n) is 1.15. The molecule has 1 amide bonds. The van der Waals surface area contributed by atoms with E-state index < -0.39 is 16.9 Å². The van der Waals surface area contributed by atoms with Crippen LogP contribution in [0.2, 0.25) is 5.02 Å². The van der Waals surface area contributed by atoms with Gasteiger partial charge in [-0.25, -0.2) is 0 Å². The third-order valence-electron chi connectivity index (χ3n) is 1.98. The Bertz CT molecular complexity index is 452. The van der Waals surface area contributed by atoms with Gasteiger partial charge >= 0.3 is 5.69 Å². The number of hydrogen-bond donors (Lipinski definition) is 3. The van der Waals surface area contributed by atoms with E-state index in [-0.39, 0.29) is 22.9 Å². The summed E-state index contributed by atoms with van der Waals surface area (Å²) < 4.78 is 0. The summed E-state index contributed by atoms with van der Waals surface area (Å²) in [6.45, 7) is -0.226. The van der Waals surface area contributed by atoms with Crippen LogP contribution in [-0.2, 0) is 4.79 Å². The van der Waals surface area contributed by atoms with Gasteiger partial charge in [0.1, 0.15) is 16.8 Å². The molecular formula is C9H10ClN3O4. The number of nitrogens with one attached hydrogen (secondary N) is 1. The lowest BCUT2D eigenvalue weighted by Crippen LogP contribution is -2.34. The molecule has 0 heterocycles. The topological polar surface area (TPSA) is 118 Å². The lowest BCUT2D eigenvalue weighted by atomic mass is 10.2. The lowest BCUT2D eigenvalue weighted by molar-refractivity contribution is -0.383. The van der Waals surface area contributed by atoms with Crippen molar-refractivity contribution in [3.05, 3.63) is 33.3 Å². The van der Waals surface area contributed by atoms with Crippen LogP contribution in [0.1, 0.15) is 0 Å². The van der Waals surface area contributed by atoms with E-state index in [1.54, 1.807) is 0 Å². The summed E-state index contributed by atoms with van der Waals surface area (Å²) in [6, 6.07) is 4.29. The summed E-state index contributed by atoms with van der Waals surface area (Å²) >= 11 is 5.67. The minimum atomic E-state index is -1.42. The second kappa shape index (κ2) is 5.46. The molecular weight excluding hydrogens is 250 g/mol. The Labute approximate surface area is 101 Å². The summed E-state index contributed by atoms with van der Waals surface area (Å²) in [7, 11) is 0. The van der Waals surface area contributed by atoms with Crippen LogP contribution in [0.3, 0.4) is 0 Å². The monoisotopic (exact) mass is 259 g/mol. The molecule has 1 unspecified atom stereocenters. The van der Waals surface area contributed by atoms with Crippen molar-refractivity contribution < 1.29 is 14.8 Å². The van der Waals surface area contributed by atoms with Crippen molar-refractivity contribution in [3.63, 3.8) is 0 Å². The molecule has 1 atom stereocenters. The molecule has 7 nitrogen and oxygen atoms in total.